The largest absolute Gasteiger partial charge is 0.497 e. The van der Waals surface area contributed by atoms with Gasteiger partial charge in [0.25, 0.3) is 0 Å². The smallest absolute Gasteiger partial charge is 0.227 e. The first-order valence-electron chi connectivity index (χ1n) is 10.2. The van der Waals surface area contributed by atoms with E-state index in [0.29, 0.717) is 23.8 Å². The zero-order valence-electron chi connectivity index (χ0n) is 17.1. The first-order chi connectivity index (χ1) is 14.6. The zero-order chi connectivity index (χ0) is 20.9. The van der Waals surface area contributed by atoms with Gasteiger partial charge < -0.3 is 19.4 Å². The molecule has 0 aliphatic carbocycles. The van der Waals surface area contributed by atoms with Crippen LogP contribution in [0.1, 0.15) is 5.56 Å². The molecule has 6 nitrogen and oxygen atoms in total. The van der Waals surface area contributed by atoms with E-state index in [1.807, 2.05) is 53.6 Å². The molecule has 158 valence electrons. The predicted octanol–water partition coefficient (Wildman–Crippen LogP) is 3.60. The van der Waals surface area contributed by atoms with Crippen LogP contribution in [0.3, 0.4) is 0 Å². The van der Waals surface area contributed by atoms with Gasteiger partial charge in [-0.05, 0) is 35.9 Å². The summed E-state index contributed by atoms with van der Waals surface area (Å²) in [7, 11) is 1.65. The number of fused-ring (bicyclic) bond motifs is 1. The van der Waals surface area contributed by atoms with E-state index in [1.54, 1.807) is 7.11 Å². The number of aromatic amines is 1. The number of piperazine rings is 1. The van der Waals surface area contributed by atoms with Crippen LogP contribution in [0.2, 0.25) is 5.02 Å². The van der Waals surface area contributed by atoms with Crippen molar-refractivity contribution in [2.45, 2.75) is 6.42 Å². The molecular formula is C23H26ClN3O3. The molecule has 0 spiro atoms. The molecule has 1 aromatic heterocycles. The number of para-hydroxylation sites is 1. The van der Waals surface area contributed by atoms with Gasteiger partial charge in [0.05, 0.1) is 18.6 Å². The van der Waals surface area contributed by atoms with Crippen molar-refractivity contribution in [2.75, 3.05) is 46.4 Å². The summed E-state index contributed by atoms with van der Waals surface area (Å²) in [6, 6.07) is 13.4. The number of carbonyl (C=O) groups excluding carboxylic acids is 1. The molecule has 1 saturated heterocycles. The minimum atomic E-state index is 0.158. The number of H-pyrrole nitrogens is 1. The second-order valence-electron chi connectivity index (χ2n) is 7.40. The predicted molar refractivity (Wildman–Crippen MR) is 119 cm³/mol. The van der Waals surface area contributed by atoms with Gasteiger partial charge in [0.2, 0.25) is 5.91 Å². The quantitative estimate of drug-likeness (QED) is 0.626. The van der Waals surface area contributed by atoms with Crippen LogP contribution in [0.15, 0.2) is 48.7 Å². The first kappa shape index (κ1) is 20.6. The van der Waals surface area contributed by atoms with Crippen LogP contribution in [-0.4, -0.2) is 67.1 Å². The third-order valence-electron chi connectivity index (χ3n) is 5.54. The SMILES string of the molecule is COc1ccc2[nH]cc(CC(=O)N3CCN(CCOc4ccccc4Cl)CC3)c2c1. The molecule has 1 fully saturated rings. The van der Waals surface area contributed by atoms with E-state index >= 15 is 0 Å². The van der Waals surface area contributed by atoms with Gasteiger partial charge in [-0.15, -0.1) is 0 Å². The van der Waals surface area contributed by atoms with E-state index in [-0.39, 0.29) is 5.91 Å². The Balaban J connectivity index is 1.26. The minimum absolute atomic E-state index is 0.158. The van der Waals surface area contributed by atoms with E-state index in [0.717, 1.165) is 54.9 Å². The number of nitrogens with zero attached hydrogens (tertiary/aromatic N) is 2. The van der Waals surface area contributed by atoms with Gasteiger partial charge in [-0.2, -0.15) is 0 Å². The number of ether oxygens (including phenoxy) is 2. The Morgan fingerprint density at radius 3 is 2.70 bits per heavy atom. The molecule has 4 rings (SSSR count). The van der Waals surface area contributed by atoms with Crippen LogP contribution < -0.4 is 9.47 Å². The van der Waals surface area contributed by atoms with Crippen LogP contribution in [0.25, 0.3) is 10.9 Å². The summed E-state index contributed by atoms with van der Waals surface area (Å²) in [5.41, 5.74) is 2.02. The number of halogens is 1. The first-order valence-corrected chi connectivity index (χ1v) is 10.5. The van der Waals surface area contributed by atoms with Crippen molar-refractivity contribution in [1.29, 1.82) is 0 Å². The van der Waals surface area contributed by atoms with E-state index < -0.39 is 0 Å². The average Bonchev–Trinajstić information content (AvgIpc) is 3.17. The molecule has 0 bridgehead atoms. The summed E-state index contributed by atoms with van der Waals surface area (Å²) >= 11 is 6.12. The van der Waals surface area contributed by atoms with Crippen LogP contribution in [0, 0.1) is 0 Å². The van der Waals surface area contributed by atoms with E-state index in [9.17, 15) is 4.79 Å². The lowest BCUT2D eigenvalue weighted by atomic mass is 10.1. The maximum absolute atomic E-state index is 12.8. The second-order valence-corrected chi connectivity index (χ2v) is 7.81. The normalized spacial score (nSPS) is 14.8. The number of methoxy groups -OCH3 is 1. The van der Waals surface area contributed by atoms with Crippen LogP contribution in [0.5, 0.6) is 11.5 Å². The van der Waals surface area contributed by atoms with E-state index in [2.05, 4.69) is 9.88 Å². The Morgan fingerprint density at radius 1 is 1.13 bits per heavy atom. The van der Waals surface area contributed by atoms with Crippen molar-refractivity contribution in [3.8, 4) is 11.5 Å². The van der Waals surface area contributed by atoms with Crippen molar-refractivity contribution in [1.82, 2.24) is 14.8 Å². The fraction of sp³-hybridized carbons (Fsp3) is 0.348. The summed E-state index contributed by atoms with van der Waals surface area (Å²) in [4.78, 5) is 20.3. The van der Waals surface area contributed by atoms with E-state index in [1.165, 1.54) is 0 Å². The molecule has 3 aromatic rings. The summed E-state index contributed by atoms with van der Waals surface area (Å²) in [6.45, 7) is 4.55. The van der Waals surface area contributed by atoms with Gasteiger partial charge in [0.15, 0.2) is 0 Å². The maximum atomic E-state index is 12.8. The molecule has 0 unspecified atom stereocenters. The summed E-state index contributed by atoms with van der Waals surface area (Å²) in [5, 5.41) is 1.67. The molecule has 1 N–H and O–H groups in total. The Morgan fingerprint density at radius 2 is 1.93 bits per heavy atom. The Hall–Kier alpha value is -2.70. The number of amides is 1. The van der Waals surface area contributed by atoms with Gasteiger partial charge in [-0.1, -0.05) is 23.7 Å². The highest BCUT2D eigenvalue weighted by Crippen LogP contribution is 2.25. The van der Waals surface area contributed by atoms with Crippen molar-refractivity contribution in [3.05, 3.63) is 59.2 Å². The zero-order valence-corrected chi connectivity index (χ0v) is 17.8. The van der Waals surface area contributed by atoms with Gasteiger partial charge in [0.1, 0.15) is 18.1 Å². The third-order valence-corrected chi connectivity index (χ3v) is 5.86. The topological polar surface area (TPSA) is 57.8 Å². The molecule has 30 heavy (non-hydrogen) atoms. The Kier molecular flexibility index (Phi) is 6.45. The molecule has 2 aromatic carbocycles. The monoisotopic (exact) mass is 427 g/mol. The Bertz CT molecular complexity index is 1010. The van der Waals surface area contributed by atoms with Gasteiger partial charge in [-0.3, -0.25) is 9.69 Å². The summed E-state index contributed by atoms with van der Waals surface area (Å²) < 4.78 is 11.1. The molecule has 0 radical (unpaired) electrons. The molecule has 0 saturated carbocycles. The number of nitrogens with one attached hydrogen (secondary N) is 1. The molecule has 2 heterocycles. The van der Waals surface area contributed by atoms with Crippen LogP contribution in [0.4, 0.5) is 0 Å². The highest BCUT2D eigenvalue weighted by molar-refractivity contribution is 6.32. The fourth-order valence-electron chi connectivity index (χ4n) is 3.77. The number of rotatable bonds is 7. The van der Waals surface area contributed by atoms with E-state index in [4.69, 9.17) is 21.1 Å². The molecule has 1 amide bonds. The third kappa shape index (κ3) is 4.71. The highest BCUT2D eigenvalue weighted by atomic mass is 35.5. The standard InChI is InChI=1S/C23H26ClN3O3/c1-29-18-6-7-21-19(15-18)17(16-25-21)14-23(28)27-10-8-26(9-11-27)12-13-30-22-5-3-2-4-20(22)24/h2-7,15-16,25H,8-14H2,1H3. The molecule has 7 heteroatoms. The molecule has 1 aliphatic heterocycles. The number of hydrogen-bond donors (Lipinski definition) is 1. The fourth-order valence-corrected chi connectivity index (χ4v) is 3.96. The number of hydrogen-bond acceptors (Lipinski definition) is 4. The van der Waals surface area contributed by atoms with Crippen molar-refractivity contribution in [2.24, 2.45) is 0 Å². The van der Waals surface area contributed by atoms with Gasteiger partial charge in [0, 0.05) is 49.8 Å². The molecular weight excluding hydrogens is 402 g/mol. The van der Waals surface area contributed by atoms with Crippen LogP contribution in [-0.2, 0) is 11.2 Å². The summed E-state index contributed by atoms with van der Waals surface area (Å²) in [6.07, 6.45) is 2.31. The lowest BCUT2D eigenvalue weighted by Crippen LogP contribution is -2.49. The van der Waals surface area contributed by atoms with Crippen molar-refractivity contribution < 1.29 is 14.3 Å². The second kappa shape index (κ2) is 9.41. The molecule has 0 atom stereocenters. The van der Waals surface area contributed by atoms with Crippen molar-refractivity contribution >= 4 is 28.4 Å². The lowest BCUT2D eigenvalue weighted by molar-refractivity contribution is -0.132. The van der Waals surface area contributed by atoms with Crippen LogP contribution >= 0.6 is 11.6 Å². The van der Waals surface area contributed by atoms with Gasteiger partial charge >= 0.3 is 0 Å². The van der Waals surface area contributed by atoms with Crippen molar-refractivity contribution in [3.63, 3.8) is 0 Å². The molecule has 1 aliphatic rings. The van der Waals surface area contributed by atoms with Gasteiger partial charge in [-0.25, -0.2) is 0 Å². The number of aromatic nitrogens is 1. The minimum Gasteiger partial charge on any atom is -0.497 e. The average molecular weight is 428 g/mol. The lowest BCUT2D eigenvalue weighted by Gasteiger charge is -2.34. The highest BCUT2D eigenvalue weighted by Gasteiger charge is 2.22. The maximum Gasteiger partial charge on any atom is 0.227 e. The Labute approximate surface area is 181 Å². The summed E-state index contributed by atoms with van der Waals surface area (Å²) in [5.74, 6) is 1.66. The number of carbonyl (C=O) groups is 1. The number of benzene rings is 2.